The Kier molecular flexibility index (Phi) is 4.29. The van der Waals surface area contributed by atoms with E-state index in [1.807, 2.05) is 24.3 Å². The molecule has 0 saturated carbocycles. The standard InChI is InChI=1S/C18H15FN2O3/c1-2-17(22)21-14-10-12(7-8-13(14)19)20-18(23)16-9-11-5-3-4-6-15(11)24-16/h2-8,10,16H,1,9H2,(H,20,23)(H,21,22)/t16-/m0/s1. The lowest BCUT2D eigenvalue weighted by atomic mass is 10.1. The molecule has 2 amide bonds. The van der Waals surface area contributed by atoms with Gasteiger partial charge in [-0.05, 0) is 35.9 Å². The maximum atomic E-state index is 13.7. The molecular weight excluding hydrogens is 311 g/mol. The zero-order valence-corrected chi connectivity index (χ0v) is 12.7. The van der Waals surface area contributed by atoms with Crippen LogP contribution < -0.4 is 15.4 Å². The van der Waals surface area contributed by atoms with E-state index in [1.165, 1.54) is 18.2 Å². The number of anilines is 2. The van der Waals surface area contributed by atoms with Crippen LogP contribution in [0.15, 0.2) is 55.1 Å². The van der Waals surface area contributed by atoms with Gasteiger partial charge in [0, 0.05) is 12.1 Å². The van der Waals surface area contributed by atoms with Gasteiger partial charge in [-0.3, -0.25) is 9.59 Å². The van der Waals surface area contributed by atoms with E-state index in [-0.39, 0.29) is 11.6 Å². The van der Waals surface area contributed by atoms with Gasteiger partial charge in [0.2, 0.25) is 5.91 Å². The minimum absolute atomic E-state index is 0.0340. The van der Waals surface area contributed by atoms with E-state index in [9.17, 15) is 14.0 Å². The molecule has 6 heteroatoms. The van der Waals surface area contributed by atoms with Crippen molar-refractivity contribution in [1.82, 2.24) is 0 Å². The lowest BCUT2D eigenvalue weighted by molar-refractivity contribution is -0.122. The SMILES string of the molecule is C=CC(=O)Nc1cc(NC(=O)[C@@H]2Cc3ccccc3O2)ccc1F. The van der Waals surface area contributed by atoms with Gasteiger partial charge in [-0.2, -0.15) is 0 Å². The number of hydrogen-bond donors (Lipinski definition) is 2. The van der Waals surface area contributed by atoms with Crippen LogP contribution in [-0.2, 0) is 16.0 Å². The molecule has 2 aromatic rings. The Morgan fingerprint density at radius 1 is 1.21 bits per heavy atom. The van der Waals surface area contributed by atoms with Gasteiger partial charge in [0.25, 0.3) is 5.91 Å². The Labute approximate surface area is 138 Å². The first-order valence-corrected chi connectivity index (χ1v) is 7.35. The zero-order valence-electron chi connectivity index (χ0n) is 12.7. The van der Waals surface area contributed by atoms with Crippen molar-refractivity contribution >= 4 is 23.2 Å². The molecule has 0 aromatic heterocycles. The highest BCUT2D eigenvalue weighted by molar-refractivity contribution is 6.00. The van der Waals surface area contributed by atoms with Crippen LogP contribution in [0, 0.1) is 5.82 Å². The van der Waals surface area contributed by atoms with Crippen molar-refractivity contribution in [1.29, 1.82) is 0 Å². The van der Waals surface area contributed by atoms with Crippen LogP contribution in [0.1, 0.15) is 5.56 Å². The second kappa shape index (κ2) is 6.54. The minimum Gasteiger partial charge on any atom is -0.480 e. The topological polar surface area (TPSA) is 67.4 Å². The summed E-state index contributed by atoms with van der Waals surface area (Å²) in [5.74, 6) is -0.783. The van der Waals surface area contributed by atoms with Crippen molar-refractivity contribution in [3.63, 3.8) is 0 Å². The molecule has 0 radical (unpaired) electrons. The molecule has 0 bridgehead atoms. The fourth-order valence-corrected chi connectivity index (χ4v) is 2.43. The van der Waals surface area contributed by atoms with Gasteiger partial charge in [-0.25, -0.2) is 4.39 Å². The first-order valence-electron chi connectivity index (χ1n) is 7.35. The molecule has 1 aliphatic heterocycles. The second-order valence-corrected chi connectivity index (χ2v) is 5.30. The summed E-state index contributed by atoms with van der Waals surface area (Å²) in [5.41, 5.74) is 1.30. The van der Waals surface area contributed by atoms with Gasteiger partial charge < -0.3 is 15.4 Å². The normalized spacial score (nSPS) is 15.1. The molecule has 1 aliphatic rings. The number of benzene rings is 2. The van der Waals surface area contributed by atoms with Gasteiger partial charge in [-0.1, -0.05) is 24.8 Å². The number of para-hydroxylation sites is 1. The fraction of sp³-hybridized carbons (Fsp3) is 0.111. The molecule has 5 nitrogen and oxygen atoms in total. The summed E-state index contributed by atoms with van der Waals surface area (Å²) >= 11 is 0. The average Bonchev–Trinajstić information content (AvgIpc) is 3.02. The molecule has 0 saturated heterocycles. The van der Waals surface area contributed by atoms with E-state index in [0.29, 0.717) is 17.9 Å². The maximum absolute atomic E-state index is 13.7. The molecule has 0 aliphatic carbocycles. The van der Waals surface area contributed by atoms with Crippen molar-refractivity contribution in [3.8, 4) is 5.75 Å². The third-order valence-corrected chi connectivity index (χ3v) is 3.62. The van der Waals surface area contributed by atoms with E-state index < -0.39 is 17.8 Å². The van der Waals surface area contributed by atoms with E-state index in [1.54, 1.807) is 0 Å². The fourth-order valence-electron chi connectivity index (χ4n) is 2.43. The summed E-state index contributed by atoms with van der Waals surface area (Å²) < 4.78 is 19.3. The number of amides is 2. The highest BCUT2D eigenvalue weighted by Crippen LogP contribution is 2.29. The number of halogens is 1. The summed E-state index contributed by atoms with van der Waals surface area (Å²) in [6.45, 7) is 3.31. The second-order valence-electron chi connectivity index (χ2n) is 5.30. The van der Waals surface area contributed by atoms with Crippen LogP contribution in [0.2, 0.25) is 0 Å². The van der Waals surface area contributed by atoms with E-state index in [4.69, 9.17) is 4.74 Å². The van der Waals surface area contributed by atoms with Crippen molar-refractivity contribution in [3.05, 3.63) is 66.5 Å². The molecular formula is C18H15FN2O3. The molecule has 2 aromatic carbocycles. The molecule has 24 heavy (non-hydrogen) atoms. The Bertz CT molecular complexity index is 795. The summed E-state index contributed by atoms with van der Waals surface area (Å²) in [7, 11) is 0. The maximum Gasteiger partial charge on any atom is 0.265 e. The first-order chi connectivity index (χ1) is 11.6. The van der Waals surface area contributed by atoms with Crippen LogP contribution in [-0.4, -0.2) is 17.9 Å². The van der Waals surface area contributed by atoms with Crippen molar-refractivity contribution in [2.24, 2.45) is 0 Å². The largest absolute Gasteiger partial charge is 0.480 e. The third-order valence-electron chi connectivity index (χ3n) is 3.62. The number of fused-ring (bicyclic) bond motifs is 1. The predicted molar refractivity (Wildman–Crippen MR) is 88.4 cm³/mol. The summed E-state index contributed by atoms with van der Waals surface area (Å²) in [6, 6.07) is 11.4. The lowest BCUT2D eigenvalue weighted by Gasteiger charge is -2.13. The summed E-state index contributed by atoms with van der Waals surface area (Å²) in [6.07, 6.45) is 0.871. The number of nitrogens with one attached hydrogen (secondary N) is 2. The summed E-state index contributed by atoms with van der Waals surface area (Å²) in [5, 5.41) is 5.01. The van der Waals surface area contributed by atoms with Crippen molar-refractivity contribution < 1.29 is 18.7 Å². The Morgan fingerprint density at radius 3 is 2.75 bits per heavy atom. The number of carbonyl (C=O) groups is 2. The molecule has 2 N–H and O–H groups in total. The molecule has 1 atom stereocenters. The van der Waals surface area contributed by atoms with Gasteiger partial charge in [-0.15, -0.1) is 0 Å². The van der Waals surface area contributed by atoms with Gasteiger partial charge >= 0.3 is 0 Å². The smallest absolute Gasteiger partial charge is 0.265 e. The van der Waals surface area contributed by atoms with Crippen molar-refractivity contribution in [2.75, 3.05) is 10.6 Å². The molecule has 122 valence electrons. The van der Waals surface area contributed by atoms with Crippen LogP contribution in [0.3, 0.4) is 0 Å². The number of hydrogen-bond acceptors (Lipinski definition) is 3. The summed E-state index contributed by atoms with van der Waals surface area (Å²) in [4.78, 5) is 23.6. The molecule has 0 spiro atoms. The van der Waals surface area contributed by atoms with Crippen LogP contribution in [0.4, 0.5) is 15.8 Å². The zero-order chi connectivity index (χ0) is 17.1. The number of ether oxygens (including phenoxy) is 1. The highest BCUT2D eigenvalue weighted by Gasteiger charge is 2.28. The highest BCUT2D eigenvalue weighted by atomic mass is 19.1. The average molecular weight is 326 g/mol. The molecule has 0 fully saturated rings. The van der Waals surface area contributed by atoms with Gasteiger partial charge in [0.05, 0.1) is 5.69 Å². The van der Waals surface area contributed by atoms with Gasteiger partial charge in [0.15, 0.2) is 6.10 Å². The Morgan fingerprint density at radius 2 is 2.00 bits per heavy atom. The van der Waals surface area contributed by atoms with E-state index in [0.717, 1.165) is 11.6 Å². The quantitative estimate of drug-likeness (QED) is 0.849. The van der Waals surface area contributed by atoms with Crippen LogP contribution in [0.5, 0.6) is 5.75 Å². The third kappa shape index (κ3) is 3.27. The minimum atomic E-state index is -0.640. The lowest BCUT2D eigenvalue weighted by Crippen LogP contribution is -2.31. The van der Waals surface area contributed by atoms with Gasteiger partial charge in [0.1, 0.15) is 11.6 Å². The first kappa shape index (κ1) is 15.7. The van der Waals surface area contributed by atoms with E-state index in [2.05, 4.69) is 17.2 Å². The van der Waals surface area contributed by atoms with Crippen LogP contribution >= 0.6 is 0 Å². The predicted octanol–water partition coefficient (Wildman–Crippen LogP) is 2.89. The molecule has 1 heterocycles. The molecule has 0 unspecified atom stereocenters. The Balaban J connectivity index is 1.70. The molecule has 3 rings (SSSR count). The monoisotopic (exact) mass is 326 g/mol. The van der Waals surface area contributed by atoms with Crippen molar-refractivity contribution in [2.45, 2.75) is 12.5 Å². The Hall–Kier alpha value is -3.15. The van der Waals surface area contributed by atoms with E-state index >= 15 is 0 Å². The van der Waals surface area contributed by atoms with Crippen LogP contribution in [0.25, 0.3) is 0 Å². The number of carbonyl (C=O) groups excluding carboxylic acids is 2. The number of rotatable bonds is 4.